The second-order valence-corrected chi connectivity index (χ2v) is 4.76. The summed E-state index contributed by atoms with van der Waals surface area (Å²) in [6.07, 6.45) is 6.87. The number of hydrogen-bond acceptors (Lipinski definition) is 1. The van der Waals surface area contributed by atoms with Crippen LogP contribution in [0.5, 0.6) is 0 Å². The van der Waals surface area contributed by atoms with Crippen molar-refractivity contribution in [3.63, 3.8) is 0 Å². The lowest BCUT2D eigenvalue weighted by Gasteiger charge is -2.29. The largest absolute Gasteiger partial charge is 0.299 e. The van der Waals surface area contributed by atoms with E-state index < -0.39 is 0 Å². The molecule has 1 aliphatic rings. The fourth-order valence-electron chi connectivity index (χ4n) is 1.61. The minimum atomic E-state index is 0.734. The van der Waals surface area contributed by atoms with Gasteiger partial charge in [-0.15, -0.1) is 0 Å². The van der Waals surface area contributed by atoms with Crippen LogP contribution < -0.4 is 0 Å². The van der Waals surface area contributed by atoms with Crippen molar-refractivity contribution in [3.8, 4) is 0 Å². The van der Waals surface area contributed by atoms with E-state index in [9.17, 15) is 0 Å². The van der Waals surface area contributed by atoms with Crippen LogP contribution in [0.3, 0.4) is 0 Å². The summed E-state index contributed by atoms with van der Waals surface area (Å²) in [5.41, 5.74) is 0. The molecule has 70 valence electrons. The van der Waals surface area contributed by atoms with Gasteiger partial charge in [-0.1, -0.05) is 19.3 Å². The summed E-state index contributed by atoms with van der Waals surface area (Å²) in [6.45, 7) is 2.08. The quantitative estimate of drug-likeness (QED) is 0.288. The van der Waals surface area contributed by atoms with Gasteiger partial charge in [0, 0.05) is 6.04 Å². The number of halogens is 2. The summed E-state index contributed by atoms with van der Waals surface area (Å²) in [7, 11) is 0. The Bertz CT molecular complexity index is 164. The lowest BCUT2D eigenvalue weighted by atomic mass is 9.95. The van der Waals surface area contributed by atoms with Gasteiger partial charge in [0.1, 0.15) is 5.84 Å². The molecule has 0 radical (unpaired) electrons. The van der Waals surface area contributed by atoms with E-state index >= 15 is 0 Å². The van der Waals surface area contributed by atoms with Crippen molar-refractivity contribution >= 4 is 51.6 Å². The predicted octanol–water partition coefficient (Wildman–Crippen LogP) is 3.74. The van der Waals surface area contributed by atoms with Gasteiger partial charge in [0.15, 0.2) is 0 Å². The SMILES string of the molecule is CC(=NI)N(I)C1CCCCC1. The molecular formula is C8H14I2N2. The maximum absolute atomic E-state index is 4.17. The zero-order valence-corrected chi connectivity index (χ0v) is 11.6. The average Bonchev–Trinajstić information content (AvgIpc) is 2.17. The van der Waals surface area contributed by atoms with E-state index in [0.717, 1.165) is 11.9 Å². The Hall–Kier alpha value is 0.930. The molecule has 0 heterocycles. The molecule has 2 nitrogen and oxygen atoms in total. The van der Waals surface area contributed by atoms with Crippen molar-refractivity contribution < 1.29 is 0 Å². The topological polar surface area (TPSA) is 15.6 Å². The van der Waals surface area contributed by atoms with Crippen molar-refractivity contribution in [1.29, 1.82) is 0 Å². The van der Waals surface area contributed by atoms with Gasteiger partial charge in [-0.05, 0) is 19.8 Å². The smallest absolute Gasteiger partial charge is 0.117 e. The van der Waals surface area contributed by atoms with Gasteiger partial charge in [0.2, 0.25) is 0 Å². The van der Waals surface area contributed by atoms with Crippen LogP contribution in [-0.2, 0) is 0 Å². The molecule has 1 aliphatic carbocycles. The van der Waals surface area contributed by atoms with E-state index in [2.05, 4.69) is 59.0 Å². The molecule has 0 saturated heterocycles. The van der Waals surface area contributed by atoms with Crippen LogP contribution in [-0.4, -0.2) is 15.0 Å². The molecule has 0 spiro atoms. The summed E-state index contributed by atoms with van der Waals surface area (Å²) >= 11 is 4.45. The zero-order chi connectivity index (χ0) is 8.97. The normalized spacial score (nSPS) is 21.1. The molecule has 0 N–H and O–H groups in total. The van der Waals surface area contributed by atoms with Crippen LogP contribution in [0.4, 0.5) is 0 Å². The molecule has 0 bridgehead atoms. The summed E-state index contributed by atoms with van der Waals surface area (Å²) in [5, 5.41) is 0. The Morgan fingerprint density at radius 2 is 1.92 bits per heavy atom. The summed E-state index contributed by atoms with van der Waals surface area (Å²) in [6, 6.07) is 0.734. The highest BCUT2D eigenvalue weighted by molar-refractivity contribution is 14.1. The first kappa shape index (κ1) is 11.0. The summed E-state index contributed by atoms with van der Waals surface area (Å²) in [4.78, 5) is 0. The Kier molecular flexibility index (Phi) is 5.15. The van der Waals surface area contributed by atoms with Crippen LogP contribution in [0, 0.1) is 0 Å². The average molecular weight is 392 g/mol. The fourth-order valence-corrected chi connectivity index (χ4v) is 2.92. The second kappa shape index (κ2) is 5.62. The van der Waals surface area contributed by atoms with Gasteiger partial charge in [-0.25, -0.2) is 3.21 Å². The van der Waals surface area contributed by atoms with Gasteiger partial charge < -0.3 is 0 Å². The maximum Gasteiger partial charge on any atom is 0.117 e. The number of rotatable bonds is 1. The second-order valence-electron chi connectivity index (χ2n) is 3.23. The van der Waals surface area contributed by atoms with Gasteiger partial charge in [0.05, 0.1) is 45.7 Å². The van der Waals surface area contributed by atoms with Crippen LogP contribution in [0.15, 0.2) is 3.21 Å². The molecule has 1 saturated carbocycles. The highest BCUT2D eigenvalue weighted by Crippen LogP contribution is 2.25. The third-order valence-corrected chi connectivity index (χ3v) is 4.51. The van der Waals surface area contributed by atoms with E-state index in [1.807, 2.05) is 0 Å². The van der Waals surface area contributed by atoms with Crippen molar-refractivity contribution in [3.05, 3.63) is 0 Å². The van der Waals surface area contributed by atoms with Gasteiger partial charge in [-0.3, -0.25) is 3.11 Å². The molecule has 0 aromatic heterocycles. The lowest BCUT2D eigenvalue weighted by Crippen LogP contribution is -2.31. The molecule has 0 aromatic rings. The van der Waals surface area contributed by atoms with Gasteiger partial charge in [0.25, 0.3) is 0 Å². The monoisotopic (exact) mass is 392 g/mol. The van der Waals surface area contributed by atoms with Crippen LogP contribution in [0.2, 0.25) is 0 Å². The molecule has 1 fully saturated rings. The first-order valence-electron chi connectivity index (χ1n) is 4.36. The Morgan fingerprint density at radius 3 is 2.42 bits per heavy atom. The molecule has 0 atom stereocenters. The molecule has 0 aromatic carbocycles. The maximum atomic E-state index is 4.17. The third kappa shape index (κ3) is 3.01. The van der Waals surface area contributed by atoms with Crippen molar-refractivity contribution in [2.45, 2.75) is 45.1 Å². The Balaban J connectivity index is 2.44. The number of hydrogen-bond donors (Lipinski definition) is 0. The molecule has 0 aliphatic heterocycles. The van der Waals surface area contributed by atoms with Crippen molar-refractivity contribution in [1.82, 2.24) is 3.11 Å². The van der Waals surface area contributed by atoms with Crippen LogP contribution >= 0.6 is 45.7 Å². The number of nitrogens with zero attached hydrogens (tertiary/aromatic N) is 2. The highest BCUT2D eigenvalue weighted by Gasteiger charge is 2.19. The molecule has 0 unspecified atom stereocenters. The predicted molar refractivity (Wildman–Crippen MR) is 69.9 cm³/mol. The van der Waals surface area contributed by atoms with E-state index in [4.69, 9.17) is 0 Å². The Labute approximate surface area is 102 Å². The fraction of sp³-hybridized carbons (Fsp3) is 0.875. The van der Waals surface area contributed by atoms with E-state index in [1.54, 1.807) is 0 Å². The molecule has 0 amide bonds. The summed E-state index contributed by atoms with van der Waals surface area (Å²) in [5.74, 6) is 1.14. The van der Waals surface area contributed by atoms with Gasteiger partial charge in [-0.2, -0.15) is 0 Å². The molecular weight excluding hydrogens is 378 g/mol. The lowest BCUT2D eigenvalue weighted by molar-refractivity contribution is 0.357. The molecule has 4 heteroatoms. The van der Waals surface area contributed by atoms with E-state index in [1.165, 1.54) is 32.1 Å². The highest BCUT2D eigenvalue weighted by atomic mass is 127. The minimum absolute atomic E-state index is 0.734. The number of amidine groups is 1. The van der Waals surface area contributed by atoms with Crippen molar-refractivity contribution in [2.75, 3.05) is 0 Å². The minimum Gasteiger partial charge on any atom is -0.299 e. The first-order chi connectivity index (χ1) is 5.75. The standard InChI is InChI=1S/C8H14I2N2/c1-7(11-9)12(10)8-5-3-2-4-6-8/h8H,2-6H2,1H3. The molecule has 1 rings (SSSR count). The van der Waals surface area contributed by atoms with Crippen molar-refractivity contribution in [2.24, 2.45) is 3.21 Å². The Morgan fingerprint density at radius 1 is 1.33 bits per heavy atom. The summed E-state index contributed by atoms with van der Waals surface area (Å²) < 4.78 is 6.46. The van der Waals surface area contributed by atoms with Gasteiger partial charge >= 0.3 is 0 Å². The molecule has 12 heavy (non-hydrogen) atoms. The van der Waals surface area contributed by atoms with E-state index in [0.29, 0.717) is 0 Å². The van der Waals surface area contributed by atoms with Crippen LogP contribution in [0.1, 0.15) is 39.0 Å². The zero-order valence-electron chi connectivity index (χ0n) is 7.26. The first-order valence-corrected chi connectivity index (χ1v) is 6.29. The van der Waals surface area contributed by atoms with E-state index in [-0.39, 0.29) is 0 Å². The van der Waals surface area contributed by atoms with Crippen LogP contribution in [0.25, 0.3) is 0 Å². The third-order valence-electron chi connectivity index (χ3n) is 2.33.